The quantitative estimate of drug-likeness (QED) is 0.852. The van der Waals surface area contributed by atoms with Gasteiger partial charge >= 0.3 is 0 Å². The van der Waals surface area contributed by atoms with Gasteiger partial charge in [0, 0.05) is 45.0 Å². The molecule has 5 nitrogen and oxygen atoms in total. The van der Waals surface area contributed by atoms with Crippen LogP contribution in [0.1, 0.15) is 33.4 Å². The Kier molecular flexibility index (Phi) is 3.73. The van der Waals surface area contributed by atoms with Gasteiger partial charge in [0.05, 0.1) is 5.69 Å². The molecule has 0 aromatic carbocycles. The van der Waals surface area contributed by atoms with Crippen LogP contribution in [0.3, 0.4) is 0 Å². The van der Waals surface area contributed by atoms with E-state index in [0.29, 0.717) is 12.1 Å². The van der Waals surface area contributed by atoms with E-state index in [1.54, 1.807) is 4.68 Å². The monoisotopic (exact) mass is 251 g/mol. The highest BCUT2D eigenvalue weighted by Gasteiger charge is 2.34. The molecule has 0 aliphatic carbocycles. The van der Waals surface area contributed by atoms with E-state index >= 15 is 0 Å². The third-order valence-corrected chi connectivity index (χ3v) is 3.62. The fourth-order valence-corrected chi connectivity index (χ4v) is 2.69. The molecule has 2 unspecified atom stereocenters. The van der Waals surface area contributed by atoms with Gasteiger partial charge in [0.15, 0.2) is 0 Å². The molecule has 0 radical (unpaired) electrons. The van der Waals surface area contributed by atoms with Crippen molar-refractivity contribution in [3.63, 3.8) is 0 Å². The van der Waals surface area contributed by atoms with Crippen molar-refractivity contribution in [1.29, 1.82) is 0 Å². The molecule has 0 saturated carbocycles. The van der Waals surface area contributed by atoms with Gasteiger partial charge in [0.1, 0.15) is 0 Å². The second-order valence-electron chi connectivity index (χ2n) is 6.50. The van der Waals surface area contributed by atoms with Crippen LogP contribution in [0.4, 0.5) is 0 Å². The third-order valence-electron chi connectivity index (χ3n) is 3.62. The lowest BCUT2D eigenvalue weighted by molar-refractivity contribution is 0.0516. The molecule has 0 bridgehead atoms. The summed E-state index contributed by atoms with van der Waals surface area (Å²) in [6.07, 6.45) is 2.01. The topological polar surface area (TPSA) is 46.0 Å². The second-order valence-corrected chi connectivity index (χ2v) is 6.50. The van der Waals surface area contributed by atoms with E-state index in [1.165, 1.54) is 0 Å². The first kappa shape index (κ1) is 13.5. The number of nitrogens with one attached hydrogen (secondary N) is 1. The molecule has 1 aliphatic rings. The molecule has 1 aromatic rings. The van der Waals surface area contributed by atoms with E-state index in [4.69, 9.17) is 0 Å². The number of piperazine rings is 1. The Labute approximate surface area is 110 Å². The number of hydrogen-bond donors (Lipinski definition) is 1. The summed E-state index contributed by atoms with van der Waals surface area (Å²) < 4.78 is 1.77. The number of aryl methyl sites for hydroxylation is 1. The molecule has 18 heavy (non-hydrogen) atoms. The molecule has 1 fully saturated rings. The van der Waals surface area contributed by atoms with Gasteiger partial charge in [-0.2, -0.15) is 0 Å². The van der Waals surface area contributed by atoms with Crippen LogP contribution in [-0.2, 0) is 13.6 Å². The van der Waals surface area contributed by atoms with Crippen molar-refractivity contribution < 1.29 is 0 Å². The van der Waals surface area contributed by atoms with Crippen molar-refractivity contribution in [2.75, 3.05) is 13.1 Å². The van der Waals surface area contributed by atoms with Crippen molar-refractivity contribution in [3.8, 4) is 0 Å². The van der Waals surface area contributed by atoms with Crippen molar-refractivity contribution in [3.05, 3.63) is 11.9 Å². The van der Waals surface area contributed by atoms with Gasteiger partial charge in [-0.3, -0.25) is 9.58 Å². The summed E-state index contributed by atoms with van der Waals surface area (Å²) in [5.41, 5.74) is 1.33. The number of rotatable bonds is 2. The summed E-state index contributed by atoms with van der Waals surface area (Å²) in [6, 6.07) is 1.08. The molecule has 1 N–H and O–H groups in total. The summed E-state index contributed by atoms with van der Waals surface area (Å²) in [7, 11) is 1.91. The molecule has 2 heterocycles. The van der Waals surface area contributed by atoms with Crippen LogP contribution in [0, 0.1) is 5.41 Å². The molecule has 2 rings (SSSR count). The molecule has 5 heteroatoms. The van der Waals surface area contributed by atoms with Crippen LogP contribution in [0.5, 0.6) is 0 Å². The smallest absolute Gasteiger partial charge is 0.0967 e. The fourth-order valence-electron chi connectivity index (χ4n) is 2.69. The average Bonchev–Trinajstić information content (AvgIpc) is 2.62. The van der Waals surface area contributed by atoms with Gasteiger partial charge in [0.2, 0.25) is 0 Å². The number of hydrogen-bond acceptors (Lipinski definition) is 4. The average molecular weight is 251 g/mol. The Bertz CT molecular complexity index is 392. The van der Waals surface area contributed by atoms with Gasteiger partial charge in [-0.1, -0.05) is 26.0 Å². The minimum absolute atomic E-state index is 0.273. The van der Waals surface area contributed by atoms with E-state index in [0.717, 1.165) is 25.3 Å². The summed E-state index contributed by atoms with van der Waals surface area (Å²) in [5.74, 6) is 0. The van der Waals surface area contributed by atoms with Gasteiger partial charge in [-0.15, -0.1) is 5.10 Å². The molecular weight excluding hydrogens is 226 g/mol. The molecule has 1 saturated heterocycles. The van der Waals surface area contributed by atoms with Gasteiger partial charge in [-0.05, 0) is 12.3 Å². The maximum Gasteiger partial charge on any atom is 0.0967 e. The first-order valence-corrected chi connectivity index (χ1v) is 6.69. The number of nitrogens with zero attached hydrogens (tertiary/aromatic N) is 4. The molecule has 0 amide bonds. The molecule has 0 spiro atoms. The van der Waals surface area contributed by atoms with Crippen molar-refractivity contribution >= 4 is 0 Å². The van der Waals surface area contributed by atoms with Crippen LogP contribution in [0.2, 0.25) is 0 Å². The Balaban J connectivity index is 2.10. The Morgan fingerprint density at radius 2 is 2.17 bits per heavy atom. The van der Waals surface area contributed by atoms with Crippen LogP contribution in [0.15, 0.2) is 6.20 Å². The maximum absolute atomic E-state index is 4.20. The largest absolute Gasteiger partial charge is 0.311 e. The maximum atomic E-state index is 4.20. The van der Waals surface area contributed by atoms with E-state index in [1.807, 2.05) is 13.2 Å². The summed E-state index contributed by atoms with van der Waals surface area (Å²) >= 11 is 0. The van der Waals surface area contributed by atoms with Gasteiger partial charge < -0.3 is 5.32 Å². The second kappa shape index (κ2) is 4.97. The van der Waals surface area contributed by atoms with Crippen molar-refractivity contribution in [2.24, 2.45) is 12.5 Å². The minimum Gasteiger partial charge on any atom is -0.311 e. The highest BCUT2D eigenvalue weighted by molar-refractivity contribution is 4.97. The van der Waals surface area contributed by atoms with E-state index < -0.39 is 0 Å². The molecular formula is C13H25N5. The fraction of sp³-hybridized carbons (Fsp3) is 0.846. The Morgan fingerprint density at radius 1 is 1.44 bits per heavy atom. The molecule has 102 valence electrons. The normalized spacial score (nSPS) is 26.5. The van der Waals surface area contributed by atoms with Gasteiger partial charge in [0.25, 0.3) is 0 Å². The van der Waals surface area contributed by atoms with Crippen LogP contribution >= 0.6 is 0 Å². The predicted octanol–water partition coefficient (Wildman–Crippen LogP) is 1.02. The summed E-state index contributed by atoms with van der Waals surface area (Å²) in [6.45, 7) is 12.2. The van der Waals surface area contributed by atoms with E-state index in [9.17, 15) is 0 Å². The van der Waals surface area contributed by atoms with Crippen LogP contribution < -0.4 is 5.32 Å². The van der Waals surface area contributed by atoms with E-state index in [-0.39, 0.29) is 5.41 Å². The Hall–Kier alpha value is -0.940. The highest BCUT2D eigenvalue weighted by atomic mass is 15.4. The number of aromatic nitrogens is 3. The van der Waals surface area contributed by atoms with Crippen molar-refractivity contribution in [2.45, 2.75) is 46.3 Å². The third kappa shape index (κ3) is 3.09. The van der Waals surface area contributed by atoms with Crippen LogP contribution in [-0.4, -0.2) is 45.1 Å². The van der Waals surface area contributed by atoms with Crippen molar-refractivity contribution in [1.82, 2.24) is 25.2 Å². The summed E-state index contributed by atoms with van der Waals surface area (Å²) in [4.78, 5) is 2.53. The zero-order valence-corrected chi connectivity index (χ0v) is 12.1. The standard InChI is InChI=1S/C13H25N5/c1-10-7-18(9-11-8-17(5)16-15-11)12(6-14-10)13(2,3)4/h8,10,12,14H,6-7,9H2,1-5H3. The molecule has 1 aliphatic heterocycles. The lowest BCUT2D eigenvalue weighted by Crippen LogP contribution is -2.59. The lowest BCUT2D eigenvalue weighted by Gasteiger charge is -2.45. The zero-order valence-electron chi connectivity index (χ0n) is 12.1. The zero-order chi connectivity index (χ0) is 13.3. The highest BCUT2D eigenvalue weighted by Crippen LogP contribution is 2.27. The van der Waals surface area contributed by atoms with Gasteiger partial charge in [-0.25, -0.2) is 0 Å². The van der Waals surface area contributed by atoms with Crippen LogP contribution in [0.25, 0.3) is 0 Å². The SMILES string of the molecule is CC1CN(Cc2cn(C)nn2)C(C(C)(C)C)CN1. The predicted molar refractivity (Wildman–Crippen MR) is 72.1 cm³/mol. The first-order chi connectivity index (χ1) is 8.36. The van der Waals surface area contributed by atoms with E-state index in [2.05, 4.69) is 48.2 Å². The molecule has 1 aromatic heterocycles. The lowest BCUT2D eigenvalue weighted by atomic mass is 9.84. The Morgan fingerprint density at radius 3 is 2.72 bits per heavy atom. The minimum atomic E-state index is 0.273. The first-order valence-electron chi connectivity index (χ1n) is 6.69. The summed E-state index contributed by atoms with van der Waals surface area (Å²) in [5, 5.41) is 11.8. The molecule has 2 atom stereocenters.